The van der Waals surface area contributed by atoms with Gasteiger partial charge < -0.3 is 0 Å². The maximum absolute atomic E-state index is 5.27. The molecule has 52 valence electrons. The highest BCUT2D eigenvalue weighted by Gasteiger charge is 2.08. The molecule has 0 heterocycles. The van der Waals surface area contributed by atoms with E-state index in [4.69, 9.17) is 6.42 Å². The van der Waals surface area contributed by atoms with E-state index >= 15 is 0 Å². The molecule has 0 saturated heterocycles. The van der Waals surface area contributed by atoms with Crippen LogP contribution >= 0.6 is 0 Å². The summed E-state index contributed by atoms with van der Waals surface area (Å²) in [6.07, 6.45) is 7.69. The first-order valence-corrected chi connectivity index (χ1v) is 3.72. The predicted molar refractivity (Wildman–Crippen MR) is 42.1 cm³/mol. The van der Waals surface area contributed by atoms with Crippen molar-refractivity contribution in [3.63, 3.8) is 0 Å². The minimum absolute atomic E-state index is 0.458. The molecule has 0 spiro atoms. The molecule has 0 heteroatoms. The molecule has 0 aliphatic heterocycles. The van der Waals surface area contributed by atoms with Gasteiger partial charge in [0.1, 0.15) is 0 Å². The SMILES string of the molecule is C#CC(C)C(CC)CC. The van der Waals surface area contributed by atoms with Gasteiger partial charge in [-0.1, -0.05) is 33.6 Å². The van der Waals surface area contributed by atoms with Gasteiger partial charge in [0.2, 0.25) is 0 Å². The van der Waals surface area contributed by atoms with E-state index in [2.05, 4.69) is 26.7 Å². The smallest absolute Gasteiger partial charge is 0.0200 e. The van der Waals surface area contributed by atoms with Gasteiger partial charge in [0, 0.05) is 5.92 Å². The molecule has 9 heavy (non-hydrogen) atoms. The fourth-order valence-corrected chi connectivity index (χ4v) is 1.13. The predicted octanol–water partition coefficient (Wildman–Crippen LogP) is 2.69. The molecule has 0 nitrogen and oxygen atoms in total. The molecule has 0 aromatic rings. The number of hydrogen-bond acceptors (Lipinski definition) is 0. The Hall–Kier alpha value is -0.440. The molecule has 1 unspecified atom stereocenters. The van der Waals surface area contributed by atoms with Gasteiger partial charge in [-0.15, -0.1) is 12.3 Å². The number of rotatable bonds is 3. The molecule has 0 fully saturated rings. The molecule has 0 aliphatic rings. The molecule has 0 rings (SSSR count). The lowest BCUT2D eigenvalue weighted by Gasteiger charge is -2.14. The van der Waals surface area contributed by atoms with E-state index in [1.54, 1.807) is 0 Å². The second kappa shape index (κ2) is 4.44. The van der Waals surface area contributed by atoms with Gasteiger partial charge in [0.05, 0.1) is 0 Å². The Morgan fingerprint density at radius 3 is 1.89 bits per heavy atom. The molecule has 0 aliphatic carbocycles. The van der Waals surface area contributed by atoms with Crippen LogP contribution in [0, 0.1) is 24.2 Å². The molecule has 0 aromatic carbocycles. The maximum Gasteiger partial charge on any atom is 0.0200 e. The Balaban J connectivity index is 3.67. The third-order valence-corrected chi connectivity index (χ3v) is 2.02. The minimum Gasteiger partial charge on any atom is -0.120 e. The molecule has 1 atom stereocenters. The van der Waals surface area contributed by atoms with Crippen LogP contribution in [0.3, 0.4) is 0 Å². The second-order valence-corrected chi connectivity index (χ2v) is 2.53. The average Bonchev–Trinajstić information content (AvgIpc) is 1.90. The van der Waals surface area contributed by atoms with Crippen LogP contribution < -0.4 is 0 Å². The lowest BCUT2D eigenvalue weighted by atomic mass is 9.90. The molecule has 0 aromatic heterocycles. The lowest BCUT2D eigenvalue weighted by molar-refractivity contribution is 0.406. The Kier molecular flexibility index (Phi) is 4.22. The zero-order chi connectivity index (χ0) is 7.28. The van der Waals surface area contributed by atoms with Crippen LogP contribution in [0.25, 0.3) is 0 Å². The molecular formula is C9H16. The Morgan fingerprint density at radius 2 is 1.78 bits per heavy atom. The van der Waals surface area contributed by atoms with E-state index < -0.39 is 0 Å². The summed E-state index contributed by atoms with van der Waals surface area (Å²) in [5.41, 5.74) is 0. The second-order valence-electron chi connectivity index (χ2n) is 2.53. The third kappa shape index (κ3) is 2.56. The maximum atomic E-state index is 5.27. The van der Waals surface area contributed by atoms with E-state index in [1.165, 1.54) is 12.8 Å². The van der Waals surface area contributed by atoms with Crippen LogP contribution in [0.4, 0.5) is 0 Å². The van der Waals surface area contributed by atoms with E-state index in [-0.39, 0.29) is 0 Å². The summed E-state index contributed by atoms with van der Waals surface area (Å²) in [6.45, 7) is 6.52. The molecule has 0 bridgehead atoms. The summed E-state index contributed by atoms with van der Waals surface area (Å²) >= 11 is 0. The van der Waals surface area contributed by atoms with Crippen molar-refractivity contribution in [3.05, 3.63) is 0 Å². The normalized spacial score (nSPS) is 13.2. The first kappa shape index (κ1) is 8.56. The van der Waals surface area contributed by atoms with Gasteiger partial charge >= 0.3 is 0 Å². The lowest BCUT2D eigenvalue weighted by Crippen LogP contribution is -2.06. The van der Waals surface area contributed by atoms with E-state index in [1.807, 2.05) is 0 Å². The van der Waals surface area contributed by atoms with Crippen molar-refractivity contribution in [3.8, 4) is 12.3 Å². The van der Waals surface area contributed by atoms with Crippen LogP contribution in [0.2, 0.25) is 0 Å². The van der Waals surface area contributed by atoms with Crippen molar-refractivity contribution in [2.45, 2.75) is 33.6 Å². The summed E-state index contributed by atoms with van der Waals surface area (Å²) in [7, 11) is 0. The zero-order valence-corrected chi connectivity index (χ0v) is 6.65. The molecular weight excluding hydrogens is 108 g/mol. The zero-order valence-electron chi connectivity index (χ0n) is 6.65. The van der Waals surface area contributed by atoms with Crippen molar-refractivity contribution < 1.29 is 0 Å². The van der Waals surface area contributed by atoms with Crippen LogP contribution in [0.1, 0.15) is 33.6 Å². The highest BCUT2D eigenvalue weighted by Crippen LogP contribution is 2.17. The molecule has 0 saturated carbocycles. The average molecular weight is 124 g/mol. The molecule has 0 N–H and O–H groups in total. The van der Waals surface area contributed by atoms with Crippen LogP contribution in [-0.4, -0.2) is 0 Å². The first-order valence-electron chi connectivity index (χ1n) is 3.72. The summed E-state index contributed by atoms with van der Waals surface area (Å²) in [6, 6.07) is 0. The highest BCUT2D eigenvalue weighted by atomic mass is 14.1. The Bertz CT molecular complexity index is 93.1. The van der Waals surface area contributed by atoms with Gasteiger partial charge in [0.15, 0.2) is 0 Å². The third-order valence-electron chi connectivity index (χ3n) is 2.02. The monoisotopic (exact) mass is 124 g/mol. The van der Waals surface area contributed by atoms with Crippen LogP contribution in [0.15, 0.2) is 0 Å². The quantitative estimate of drug-likeness (QED) is 0.507. The van der Waals surface area contributed by atoms with Crippen molar-refractivity contribution in [2.24, 2.45) is 11.8 Å². The fraction of sp³-hybridized carbons (Fsp3) is 0.778. The van der Waals surface area contributed by atoms with Gasteiger partial charge in [-0.3, -0.25) is 0 Å². The van der Waals surface area contributed by atoms with Crippen LogP contribution in [-0.2, 0) is 0 Å². The minimum atomic E-state index is 0.458. The van der Waals surface area contributed by atoms with Crippen molar-refractivity contribution in [1.82, 2.24) is 0 Å². The summed E-state index contributed by atoms with van der Waals surface area (Å²) < 4.78 is 0. The van der Waals surface area contributed by atoms with Gasteiger partial charge in [-0.25, -0.2) is 0 Å². The number of hydrogen-bond donors (Lipinski definition) is 0. The van der Waals surface area contributed by atoms with Crippen molar-refractivity contribution in [2.75, 3.05) is 0 Å². The first-order chi connectivity index (χ1) is 4.26. The fourth-order valence-electron chi connectivity index (χ4n) is 1.13. The molecule has 0 radical (unpaired) electrons. The summed E-state index contributed by atoms with van der Waals surface area (Å²) in [4.78, 5) is 0. The van der Waals surface area contributed by atoms with Gasteiger partial charge in [-0.05, 0) is 5.92 Å². The highest BCUT2D eigenvalue weighted by molar-refractivity contribution is 4.93. The number of terminal acetylenes is 1. The topological polar surface area (TPSA) is 0 Å². The van der Waals surface area contributed by atoms with Crippen molar-refractivity contribution in [1.29, 1.82) is 0 Å². The van der Waals surface area contributed by atoms with Crippen molar-refractivity contribution >= 4 is 0 Å². The standard InChI is InChI=1S/C9H16/c1-5-8(4)9(6-2)7-3/h1,8-9H,6-7H2,2-4H3. The summed E-state index contributed by atoms with van der Waals surface area (Å²) in [5, 5.41) is 0. The van der Waals surface area contributed by atoms with E-state index in [9.17, 15) is 0 Å². The Morgan fingerprint density at radius 1 is 1.33 bits per heavy atom. The van der Waals surface area contributed by atoms with Gasteiger partial charge in [0.25, 0.3) is 0 Å². The summed E-state index contributed by atoms with van der Waals surface area (Å²) in [5.74, 6) is 3.96. The Labute approximate surface area is 58.7 Å². The largest absolute Gasteiger partial charge is 0.120 e. The van der Waals surface area contributed by atoms with Gasteiger partial charge in [-0.2, -0.15) is 0 Å². The van der Waals surface area contributed by atoms with E-state index in [0.717, 1.165) is 5.92 Å². The van der Waals surface area contributed by atoms with Crippen LogP contribution in [0.5, 0.6) is 0 Å². The molecule has 0 amide bonds. The van der Waals surface area contributed by atoms with E-state index in [0.29, 0.717) is 5.92 Å².